The summed E-state index contributed by atoms with van der Waals surface area (Å²) in [6, 6.07) is 0. The van der Waals surface area contributed by atoms with Crippen LogP contribution in [-0.2, 0) is 14.3 Å². The number of ether oxygens (including phenoxy) is 2. The molecule has 124 valence electrons. The highest BCUT2D eigenvalue weighted by Crippen LogP contribution is 2.42. The SMILES string of the molecule is C=CCOC(=O)/C=C(C)/C=C/CC(C)CCC1OC1(C)CC. The maximum absolute atomic E-state index is 11.4. The summed E-state index contributed by atoms with van der Waals surface area (Å²) in [4.78, 5) is 11.4. The van der Waals surface area contributed by atoms with Crippen LogP contribution in [0.15, 0.2) is 36.5 Å². The highest BCUT2D eigenvalue weighted by molar-refractivity contribution is 5.83. The average Bonchev–Trinajstić information content (AvgIpc) is 3.14. The Balaban J connectivity index is 2.22. The lowest BCUT2D eigenvalue weighted by atomic mass is 9.95. The Kier molecular flexibility index (Phi) is 7.60. The second kappa shape index (κ2) is 8.94. The first-order valence-electron chi connectivity index (χ1n) is 8.21. The Morgan fingerprint density at radius 3 is 2.82 bits per heavy atom. The van der Waals surface area contributed by atoms with Gasteiger partial charge in [-0.15, -0.1) is 0 Å². The quantitative estimate of drug-likeness (QED) is 0.195. The van der Waals surface area contributed by atoms with Gasteiger partial charge in [-0.3, -0.25) is 0 Å². The van der Waals surface area contributed by atoms with E-state index in [1.165, 1.54) is 12.5 Å². The van der Waals surface area contributed by atoms with Gasteiger partial charge in [0, 0.05) is 6.08 Å². The number of rotatable bonds is 10. The van der Waals surface area contributed by atoms with Gasteiger partial charge in [0.2, 0.25) is 0 Å². The lowest BCUT2D eigenvalue weighted by Gasteiger charge is -2.08. The van der Waals surface area contributed by atoms with Gasteiger partial charge < -0.3 is 9.47 Å². The second-order valence-electron chi connectivity index (χ2n) is 6.40. The van der Waals surface area contributed by atoms with Crippen LogP contribution < -0.4 is 0 Å². The molecule has 3 unspecified atom stereocenters. The highest BCUT2D eigenvalue weighted by atomic mass is 16.6. The lowest BCUT2D eigenvalue weighted by molar-refractivity contribution is -0.136. The summed E-state index contributed by atoms with van der Waals surface area (Å²) in [5.74, 6) is 0.307. The summed E-state index contributed by atoms with van der Waals surface area (Å²) >= 11 is 0. The van der Waals surface area contributed by atoms with E-state index in [0.717, 1.165) is 24.8 Å². The van der Waals surface area contributed by atoms with Crippen molar-refractivity contribution in [1.82, 2.24) is 0 Å². The van der Waals surface area contributed by atoms with Crippen molar-refractivity contribution >= 4 is 5.97 Å². The fourth-order valence-electron chi connectivity index (χ4n) is 2.42. The van der Waals surface area contributed by atoms with Crippen LogP contribution in [0.25, 0.3) is 0 Å². The first kappa shape index (κ1) is 18.7. The number of carbonyl (C=O) groups is 1. The van der Waals surface area contributed by atoms with Crippen molar-refractivity contribution in [2.45, 2.75) is 65.1 Å². The fraction of sp³-hybridized carbons (Fsp3) is 0.632. The molecule has 1 rings (SSSR count). The van der Waals surface area contributed by atoms with Gasteiger partial charge in [-0.05, 0) is 51.0 Å². The molecule has 0 aromatic heterocycles. The molecular weight excluding hydrogens is 276 g/mol. The third kappa shape index (κ3) is 6.61. The Bertz CT molecular complexity index is 436. The maximum atomic E-state index is 11.4. The second-order valence-corrected chi connectivity index (χ2v) is 6.40. The number of hydrogen-bond acceptors (Lipinski definition) is 3. The smallest absolute Gasteiger partial charge is 0.331 e. The molecule has 1 aliphatic heterocycles. The normalized spacial score (nSPS) is 26.0. The zero-order valence-electron chi connectivity index (χ0n) is 14.4. The summed E-state index contributed by atoms with van der Waals surface area (Å²) in [7, 11) is 0. The maximum Gasteiger partial charge on any atom is 0.331 e. The molecule has 0 aliphatic carbocycles. The third-order valence-corrected chi connectivity index (χ3v) is 4.27. The molecular formula is C19H30O3. The van der Waals surface area contributed by atoms with Crippen molar-refractivity contribution in [2.75, 3.05) is 6.61 Å². The summed E-state index contributed by atoms with van der Waals surface area (Å²) < 4.78 is 10.6. The number of hydrogen-bond donors (Lipinski definition) is 0. The number of carbonyl (C=O) groups excluding carboxylic acids is 1. The van der Waals surface area contributed by atoms with Crippen LogP contribution in [0.5, 0.6) is 0 Å². The molecule has 0 aromatic carbocycles. The van der Waals surface area contributed by atoms with Crippen LogP contribution in [0.3, 0.4) is 0 Å². The van der Waals surface area contributed by atoms with E-state index in [-0.39, 0.29) is 18.2 Å². The zero-order chi connectivity index (χ0) is 16.6. The summed E-state index contributed by atoms with van der Waals surface area (Å²) in [6.45, 7) is 12.3. The predicted molar refractivity (Wildman–Crippen MR) is 90.6 cm³/mol. The van der Waals surface area contributed by atoms with E-state index in [1.807, 2.05) is 13.0 Å². The molecule has 1 heterocycles. The van der Waals surface area contributed by atoms with Crippen LogP contribution in [0.4, 0.5) is 0 Å². The van der Waals surface area contributed by atoms with Crippen LogP contribution in [0, 0.1) is 5.92 Å². The molecule has 1 aliphatic rings. The fourth-order valence-corrected chi connectivity index (χ4v) is 2.42. The summed E-state index contributed by atoms with van der Waals surface area (Å²) in [5, 5.41) is 0. The Morgan fingerprint density at radius 1 is 1.50 bits per heavy atom. The molecule has 0 aromatic rings. The first-order valence-corrected chi connectivity index (χ1v) is 8.21. The Hall–Kier alpha value is -1.35. The van der Waals surface area contributed by atoms with E-state index < -0.39 is 0 Å². The molecule has 1 fully saturated rings. The first-order chi connectivity index (χ1) is 10.4. The van der Waals surface area contributed by atoms with Gasteiger partial charge in [-0.2, -0.15) is 0 Å². The van der Waals surface area contributed by atoms with Crippen LogP contribution in [0.1, 0.15) is 53.4 Å². The van der Waals surface area contributed by atoms with Crippen molar-refractivity contribution in [3.8, 4) is 0 Å². The monoisotopic (exact) mass is 306 g/mol. The molecule has 3 nitrogen and oxygen atoms in total. The average molecular weight is 306 g/mol. The summed E-state index contributed by atoms with van der Waals surface area (Å²) in [6.07, 6.45) is 12.1. The molecule has 22 heavy (non-hydrogen) atoms. The minimum absolute atomic E-state index is 0.140. The number of allylic oxidation sites excluding steroid dienone is 3. The molecule has 3 atom stereocenters. The Labute approximate surface area is 135 Å². The van der Waals surface area contributed by atoms with Gasteiger partial charge in [0.25, 0.3) is 0 Å². The van der Waals surface area contributed by atoms with Crippen LogP contribution >= 0.6 is 0 Å². The minimum atomic E-state index is -0.320. The lowest BCUT2D eigenvalue weighted by Crippen LogP contribution is -2.08. The van der Waals surface area contributed by atoms with Gasteiger partial charge in [0.05, 0.1) is 11.7 Å². The van der Waals surface area contributed by atoms with E-state index in [0.29, 0.717) is 12.0 Å². The topological polar surface area (TPSA) is 38.8 Å². The van der Waals surface area contributed by atoms with Gasteiger partial charge in [0.15, 0.2) is 0 Å². The molecule has 1 saturated heterocycles. The molecule has 3 heteroatoms. The molecule has 0 saturated carbocycles. The molecule has 0 amide bonds. The molecule has 0 N–H and O–H groups in total. The van der Waals surface area contributed by atoms with E-state index >= 15 is 0 Å². The minimum Gasteiger partial charge on any atom is -0.458 e. The third-order valence-electron chi connectivity index (χ3n) is 4.27. The zero-order valence-corrected chi connectivity index (χ0v) is 14.4. The van der Waals surface area contributed by atoms with Gasteiger partial charge in [-0.1, -0.05) is 38.7 Å². The predicted octanol–water partition coefficient (Wildman–Crippen LogP) is 4.59. The molecule has 0 spiro atoms. The number of epoxide rings is 1. The van der Waals surface area contributed by atoms with Gasteiger partial charge in [-0.25, -0.2) is 4.79 Å². The van der Waals surface area contributed by atoms with Crippen LogP contribution in [0.2, 0.25) is 0 Å². The van der Waals surface area contributed by atoms with Crippen molar-refractivity contribution in [3.63, 3.8) is 0 Å². The van der Waals surface area contributed by atoms with Crippen molar-refractivity contribution in [2.24, 2.45) is 5.92 Å². The van der Waals surface area contributed by atoms with E-state index in [2.05, 4.69) is 33.4 Å². The molecule has 0 bridgehead atoms. The highest BCUT2D eigenvalue weighted by Gasteiger charge is 2.49. The number of esters is 1. The van der Waals surface area contributed by atoms with E-state index in [4.69, 9.17) is 9.47 Å². The van der Waals surface area contributed by atoms with Gasteiger partial charge >= 0.3 is 5.97 Å². The molecule has 0 radical (unpaired) electrons. The summed E-state index contributed by atoms with van der Waals surface area (Å²) in [5.41, 5.74) is 1.05. The van der Waals surface area contributed by atoms with Gasteiger partial charge in [0.1, 0.15) is 6.61 Å². The van der Waals surface area contributed by atoms with Crippen molar-refractivity contribution in [1.29, 1.82) is 0 Å². The standard InChI is InChI=1S/C19H30O3/c1-6-13-21-18(20)14-16(4)10-8-9-15(3)11-12-17-19(5,7-2)22-17/h6,8,10,14-15,17H,1,7,9,11-13H2,2-5H3/b10-8+,16-14+. The van der Waals surface area contributed by atoms with Crippen molar-refractivity contribution < 1.29 is 14.3 Å². The van der Waals surface area contributed by atoms with E-state index in [1.54, 1.807) is 6.08 Å². The Morgan fingerprint density at radius 2 is 2.23 bits per heavy atom. The van der Waals surface area contributed by atoms with E-state index in [9.17, 15) is 4.79 Å². The largest absolute Gasteiger partial charge is 0.458 e. The van der Waals surface area contributed by atoms with Crippen molar-refractivity contribution in [3.05, 3.63) is 36.5 Å². The van der Waals surface area contributed by atoms with Crippen LogP contribution in [-0.4, -0.2) is 24.3 Å².